The molecule has 0 radical (unpaired) electrons. The third-order valence-electron chi connectivity index (χ3n) is 9.06. The Labute approximate surface area is 226 Å². The van der Waals surface area contributed by atoms with Gasteiger partial charge in [-0.2, -0.15) is 0 Å². The van der Waals surface area contributed by atoms with Crippen LogP contribution in [0.3, 0.4) is 0 Å². The molecule has 38 heavy (non-hydrogen) atoms. The highest BCUT2D eigenvalue weighted by atomic mass is 16.4. The number of rotatable bonds is 10. The second kappa shape index (κ2) is 11.4. The van der Waals surface area contributed by atoms with Crippen molar-refractivity contribution in [3.05, 3.63) is 89.5 Å². The molecule has 200 valence electrons. The SMILES string of the molecule is O=C(O)[C@@H](CC1CC1)N1C[C@H](CN2CCC(c3cnc(Cc4ccccc4)[nH]3)CC2)[C@@H](c2ccccc2)C1. The third kappa shape index (κ3) is 6.02. The number of hydrogen-bond donors (Lipinski definition) is 2. The van der Waals surface area contributed by atoms with E-state index in [-0.39, 0.29) is 6.04 Å². The summed E-state index contributed by atoms with van der Waals surface area (Å²) in [6, 6.07) is 21.0. The zero-order valence-electron chi connectivity index (χ0n) is 22.2. The van der Waals surface area contributed by atoms with Gasteiger partial charge in [-0.25, -0.2) is 4.98 Å². The molecule has 2 saturated heterocycles. The van der Waals surface area contributed by atoms with Crippen LogP contribution in [0.4, 0.5) is 0 Å². The molecule has 1 aromatic heterocycles. The van der Waals surface area contributed by atoms with E-state index in [1.807, 2.05) is 6.20 Å². The number of aliphatic carboxylic acids is 1. The van der Waals surface area contributed by atoms with E-state index in [1.165, 1.54) is 29.7 Å². The Kier molecular flexibility index (Phi) is 7.61. The molecule has 6 heteroatoms. The molecule has 2 aromatic carbocycles. The van der Waals surface area contributed by atoms with Crippen LogP contribution in [-0.2, 0) is 11.2 Å². The van der Waals surface area contributed by atoms with Gasteiger partial charge in [-0.3, -0.25) is 9.69 Å². The van der Waals surface area contributed by atoms with Crippen LogP contribution in [0, 0.1) is 11.8 Å². The number of nitrogens with zero attached hydrogens (tertiary/aromatic N) is 3. The molecule has 6 rings (SSSR count). The number of piperidine rings is 1. The van der Waals surface area contributed by atoms with Gasteiger partial charge in [0.05, 0.1) is 0 Å². The number of nitrogens with one attached hydrogen (secondary N) is 1. The van der Waals surface area contributed by atoms with Crippen LogP contribution in [0.2, 0.25) is 0 Å². The van der Waals surface area contributed by atoms with Gasteiger partial charge in [0.15, 0.2) is 0 Å². The van der Waals surface area contributed by atoms with Gasteiger partial charge >= 0.3 is 5.97 Å². The fraction of sp³-hybridized carbons (Fsp3) is 0.500. The van der Waals surface area contributed by atoms with Gasteiger partial charge in [0, 0.05) is 49.8 Å². The van der Waals surface area contributed by atoms with Crippen molar-refractivity contribution in [2.45, 2.75) is 56.4 Å². The van der Waals surface area contributed by atoms with E-state index in [2.05, 4.69) is 80.4 Å². The van der Waals surface area contributed by atoms with E-state index in [0.717, 1.165) is 64.2 Å². The van der Waals surface area contributed by atoms with Crippen LogP contribution >= 0.6 is 0 Å². The van der Waals surface area contributed by atoms with E-state index in [4.69, 9.17) is 0 Å². The maximum Gasteiger partial charge on any atom is 0.320 e. The first-order valence-corrected chi connectivity index (χ1v) is 14.4. The summed E-state index contributed by atoms with van der Waals surface area (Å²) in [6.07, 6.45) is 8.37. The first kappa shape index (κ1) is 25.3. The molecule has 3 aliphatic rings. The van der Waals surface area contributed by atoms with E-state index in [0.29, 0.717) is 23.7 Å². The highest BCUT2D eigenvalue weighted by Crippen LogP contribution is 2.39. The predicted octanol–water partition coefficient (Wildman–Crippen LogP) is 5.15. The summed E-state index contributed by atoms with van der Waals surface area (Å²) in [4.78, 5) is 25.4. The largest absolute Gasteiger partial charge is 0.480 e. The number of imidazole rings is 1. The Morgan fingerprint density at radius 1 is 0.974 bits per heavy atom. The highest BCUT2D eigenvalue weighted by Gasteiger charge is 2.42. The zero-order valence-corrected chi connectivity index (χ0v) is 22.2. The van der Waals surface area contributed by atoms with Gasteiger partial charge in [-0.1, -0.05) is 73.5 Å². The van der Waals surface area contributed by atoms with Crippen molar-refractivity contribution < 1.29 is 9.90 Å². The Balaban J connectivity index is 1.08. The number of benzene rings is 2. The molecular weight excluding hydrogens is 472 g/mol. The first-order chi connectivity index (χ1) is 18.6. The summed E-state index contributed by atoms with van der Waals surface area (Å²) in [5.41, 5.74) is 3.91. The lowest BCUT2D eigenvalue weighted by molar-refractivity contribution is -0.143. The van der Waals surface area contributed by atoms with Crippen LogP contribution in [0.15, 0.2) is 66.9 Å². The fourth-order valence-corrected chi connectivity index (χ4v) is 6.72. The Bertz CT molecular complexity index is 1180. The topological polar surface area (TPSA) is 72.5 Å². The smallest absolute Gasteiger partial charge is 0.320 e. The van der Waals surface area contributed by atoms with E-state index >= 15 is 0 Å². The molecule has 2 aliphatic heterocycles. The zero-order chi connectivity index (χ0) is 25.9. The number of carbonyl (C=O) groups is 1. The molecule has 3 fully saturated rings. The van der Waals surface area contributed by atoms with Crippen molar-refractivity contribution >= 4 is 5.97 Å². The average molecular weight is 513 g/mol. The minimum absolute atomic E-state index is 0.338. The molecule has 0 unspecified atom stereocenters. The van der Waals surface area contributed by atoms with Crippen molar-refractivity contribution in [1.82, 2.24) is 19.8 Å². The molecule has 0 spiro atoms. The molecule has 0 bridgehead atoms. The quantitative estimate of drug-likeness (QED) is 0.393. The number of aromatic amines is 1. The van der Waals surface area contributed by atoms with Gasteiger partial charge in [0.1, 0.15) is 11.9 Å². The molecule has 2 N–H and O–H groups in total. The normalized spacial score (nSPS) is 24.0. The van der Waals surface area contributed by atoms with Gasteiger partial charge in [0.2, 0.25) is 0 Å². The van der Waals surface area contributed by atoms with Gasteiger partial charge < -0.3 is 15.0 Å². The van der Waals surface area contributed by atoms with Gasteiger partial charge in [-0.15, -0.1) is 0 Å². The fourth-order valence-electron chi connectivity index (χ4n) is 6.72. The van der Waals surface area contributed by atoms with Crippen molar-refractivity contribution in [1.29, 1.82) is 0 Å². The second-order valence-corrected chi connectivity index (χ2v) is 11.8. The van der Waals surface area contributed by atoms with E-state index in [9.17, 15) is 9.90 Å². The van der Waals surface area contributed by atoms with E-state index in [1.54, 1.807) is 0 Å². The highest BCUT2D eigenvalue weighted by molar-refractivity contribution is 5.73. The molecule has 3 heterocycles. The lowest BCUT2D eigenvalue weighted by Gasteiger charge is -2.34. The summed E-state index contributed by atoms with van der Waals surface area (Å²) in [7, 11) is 0. The lowest BCUT2D eigenvalue weighted by Crippen LogP contribution is -2.41. The molecule has 1 aliphatic carbocycles. The Hall–Kier alpha value is -2.96. The van der Waals surface area contributed by atoms with Crippen molar-refractivity contribution in [2.75, 3.05) is 32.7 Å². The third-order valence-corrected chi connectivity index (χ3v) is 9.06. The summed E-state index contributed by atoms with van der Waals surface area (Å²) >= 11 is 0. The van der Waals surface area contributed by atoms with Gasteiger partial charge in [-0.05, 0) is 55.3 Å². The summed E-state index contributed by atoms with van der Waals surface area (Å²) in [5, 5.41) is 10.0. The van der Waals surface area contributed by atoms with Crippen LogP contribution in [0.1, 0.15) is 66.6 Å². The number of aromatic nitrogens is 2. The Morgan fingerprint density at radius 2 is 1.68 bits per heavy atom. The lowest BCUT2D eigenvalue weighted by atomic mass is 9.87. The molecule has 0 amide bonds. The number of likely N-dealkylation sites (tertiary alicyclic amines) is 2. The van der Waals surface area contributed by atoms with Crippen LogP contribution in [0.5, 0.6) is 0 Å². The van der Waals surface area contributed by atoms with Crippen molar-refractivity contribution in [2.24, 2.45) is 11.8 Å². The predicted molar refractivity (Wildman–Crippen MR) is 149 cm³/mol. The molecule has 1 saturated carbocycles. The maximum atomic E-state index is 12.2. The average Bonchev–Trinajstić information content (AvgIpc) is 3.50. The van der Waals surface area contributed by atoms with Crippen LogP contribution in [-0.4, -0.2) is 69.6 Å². The Morgan fingerprint density at radius 3 is 2.37 bits per heavy atom. The summed E-state index contributed by atoms with van der Waals surface area (Å²) < 4.78 is 0. The minimum atomic E-state index is -0.642. The van der Waals surface area contributed by atoms with Crippen molar-refractivity contribution in [3.63, 3.8) is 0 Å². The van der Waals surface area contributed by atoms with Gasteiger partial charge in [0.25, 0.3) is 0 Å². The van der Waals surface area contributed by atoms with Crippen LogP contribution in [0.25, 0.3) is 0 Å². The molecule has 6 nitrogen and oxygen atoms in total. The number of hydrogen-bond acceptors (Lipinski definition) is 4. The number of carboxylic acid groups (broad SMARTS) is 1. The van der Waals surface area contributed by atoms with Crippen LogP contribution < -0.4 is 0 Å². The molecule has 3 atom stereocenters. The monoisotopic (exact) mass is 512 g/mol. The number of carboxylic acids is 1. The molecular formula is C32H40N4O2. The summed E-state index contributed by atoms with van der Waals surface area (Å²) in [5.74, 6) is 2.40. The second-order valence-electron chi connectivity index (χ2n) is 11.8. The van der Waals surface area contributed by atoms with E-state index < -0.39 is 5.97 Å². The summed E-state index contributed by atoms with van der Waals surface area (Å²) in [6.45, 7) is 4.95. The first-order valence-electron chi connectivity index (χ1n) is 14.4. The minimum Gasteiger partial charge on any atom is -0.480 e. The van der Waals surface area contributed by atoms with Crippen molar-refractivity contribution in [3.8, 4) is 0 Å². The molecule has 3 aromatic rings. The standard InChI is InChI=1S/C32H40N4O2/c37-32(38)30(17-24-11-12-24)36-21-27(28(22-36)25-9-5-2-6-10-25)20-35-15-13-26(14-16-35)29-19-33-31(34-29)18-23-7-3-1-4-8-23/h1-10,19,24,26-28,30H,11-18,20-22H2,(H,33,34)(H,37,38)/t27-,28+,30+/m0/s1. The maximum absolute atomic E-state index is 12.2. The number of H-pyrrole nitrogens is 1.